The van der Waals surface area contributed by atoms with E-state index in [9.17, 15) is 0 Å². The first-order chi connectivity index (χ1) is 6.27. The van der Waals surface area contributed by atoms with E-state index in [0.717, 1.165) is 24.7 Å². The summed E-state index contributed by atoms with van der Waals surface area (Å²) in [5.41, 5.74) is 0. The van der Waals surface area contributed by atoms with Crippen molar-refractivity contribution in [2.45, 2.75) is 38.6 Å². The lowest BCUT2D eigenvalue weighted by Gasteiger charge is -2.01. The molecule has 2 rings (SSSR count). The fraction of sp³-hybridized carbons (Fsp3) is 0.778. The topological polar surface area (TPSA) is 51.0 Å². The third kappa shape index (κ3) is 1.72. The van der Waals surface area contributed by atoms with Crippen molar-refractivity contribution in [2.75, 3.05) is 6.54 Å². The van der Waals surface area contributed by atoms with E-state index in [-0.39, 0.29) is 0 Å². The summed E-state index contributed by atoms with van der Waals surface area (Å²) in [7, 11) is 0. The molecule has 2 heterocycles. The van der Waals surface area contributed by atoms with Crippen LogP contribution in [0.25, 0.3) is 0 Å². The van der Waals surface area contributed by atoms with Gasteiger partial charge in [0.25, 0.3) is 0 Å². The van der Waals surface area contributed by atoms with Gasteiger partial charge < -0.3 is 9.84 Å². The second-order valence-corrected chi connectivity index (χ2v) is 3.79. The Kier molecular flexibility index (Phi) is 2.31. The molecule has 1 aromatic heterocycles. The fourth-order valence-electron chi connectivity index (χ4n) is 1.52. The molecule has 0 spiro atoms. The van der Waals surface area contributed by atoms with Crippen LogP contribution in [0, 0.1) is 0 Å². The Morgan fingerprint density at radius 2 is 2.38 bits per heavy atom. The molecule has 0 amide bonds. The molecule has 0 bridgehead atoms. The number of hydrogen-bond donors (Lipinski definition) is 1. The number of hydrogen-bond acceptors (Lipinski definition) is 4. The highest BCUT2D eigenvalue weighted by molar-refractivity contribution is 4.97. The van der Waals surface area contributed by atoms with Gasteiger partial charge in [-0.2, -0.15) is 4.98 Å². The smallest absolute Gasteiger partial charge is 0.243 e. The van der Waals surface area contributed by atoms with Crippen molar-refractivity contribution >= 4 is 0 Å². The minimum absolute atomic E-state index is 0.292. The Bertz CT molecular complexity index is 276. The minimum Gasteiger partial charge on any atom is -0.338 e. The SMILES string of the molecule is CC(C)c1noc([C@@H]2CCCN2)n1. The average molecular weight is 181 g/mol. The van der Waals surface area contributed by atoms with Gasteiger partial charge in [-0.1, -0.05) is 19.0 Å². The summed E-state index contributed by atoms with van der Waals surface area (Å²) < 4.78 is 5.19. The molecule has 1 aliphatic rings. The van der Waals surface area contributed by atoms with Gasteiger partial charge in [-0.3, -0.25) is 0 Å². The van der Waals surface area contributed by atoms with Crippen LogP contribution < -0.4 is 5.32 Å². The molecule has 1 atom stereocenters. The van der Waals surface area contributed by atoms with Crippen LogP contribution in [0.15, 0.2) is 4.52 Å². The molecular weight excluding hydrogens is 166 g/mol. The maximum atomic E-state index is 5.19. The first kappa shape index (κ1) is 8.69. The van der Waals surface area contributed by atoms with E-state index in [0.29, 0.717) is 12.0 Å². The first-order valence-corrected chi connectivity index (χ1v) is 4.84. The summed E-state index contributed by atoms with van der Waals surface area (Å²) >= 11 is 0. The van der Waals surface area contributed by atoms with E-state index in [1.165, 1.54) is 6.42 Å². The highest BCUT2D eigenvalue weighted by Gasteiger charge is 2.22. The molecule has 1 N–H and O–H groups in total. The van der Waals surface area contributed by atoms with Gasteiger partial charge in [0.15, 0.2) is 5.82 Å². The molecule has 4 nitrogen and oxygen atoms in total. The van der Waals surface area contributed by atoms with E-state index < -0.39 is 0 Å². The largest absolute Gasteiger partial charge is 0.338 e. The summed E-state index contributed by atoms with van der Waals surface area (Å²) in [6, 6.07) is 0.292. The van der Waals surface area contributed by atoms with Crippen LogP contribution in [0.2, 0.25) is 0 Å². The van der Waals surface area contributed by atoms with E-state index in [1.807, 2.05) is 0 Å². The summed E-state index contributed by atoms with van der Waals surface area (Å²) in [6.45, 7) is 5.19. The maximum Gasteiger partial charge on any atom is 0.243 e. The first-order valence-electron chi connectivity index (χ1n) is 4.84. The van der Waals surface area contributed by atoms with Gasteiger partial charge in [0.1, 0.15) is 0 Å². The minimum atomic E-state index is 0.292. The molecule has 72 valence electrons. The van der Waals surface area contributed by atoms with E-state index in [4.69, 9.17) is 4.52 Å². The molecule has 1 aromatic rings. The quantitative estimate of drug-likeness (QED) is 0.753. The third-order valence-electron chi connectivity index (χ3n) is 2.33. The Morgan fingerprint density at radius 3 is 2.92 bits per heavy atom. The van der Waals surface area contributed by atoms with Crippen molar-refractivity contribution in [1.82, 2.24) is 15.5 Å². The molecule has 13 heavy (non-hydrogen) atoms. The highest BCUT2D eigenvalue weighted by atomic mass is 16.5. The predicted octanol–water partition coefficient (Wildman–Crippen LogP) is 1.62. The van der Waals surface area contributed by atoms with Gasteiger partial charge in [-0.25, -0.2) is 0 Å². The van der Waals surface area contributed by atoms with E-state index in [1.54, 1.807) is 0 Å². The van der Waals surface area contributed by atoms with Gasteiger partial charge >= 0.3 is 0 Å². The van der Waals surface area contributed by atoms with Crippen molar-refractivity contribution < 1.29 is 4.52 Å². The summed E-state index contributed by atoms with van der Waals surface area (Å²) in [5, 5.41) is 7.26. The number of rotatable bonds is 2. The number of nitrogens with one attached hydrogen (secondary N) is 1. The van der Waals surface area contributed by atoms with Gasteiger partial charge in [0, 0.05) is 5.92 Å². The van der Waals surface area contributed by atoms with Crippen LogP contribution >= 0.6 is 0 Å². The lowest BCUT2D eigenvalue weighted by Crippen LogP contribution is -2.13. The Balaban J connectivity index is 2.12. The van der Waals surface area contributed by atoms with Crippen LogP contribution in [0.1, 0.15) is 50.4 Å². The van der Waals surface area contributed by atoms with Crippen molar-refractivity contribution in [3.63, 3.8) is 0 Å². The zero-order valence-corrected chi connectivity index (χ0v) is 8.08. The maximum absolute atomic E-state index is 5.19. The van der Waals surface area contributed by atoms with Crippen molar-refractivity contribution in [3.05, 3.63) is 11.7 Å². The molecule has 0 aliphatic carbocycles. The Morgan fingerprint density at radius 1 is 1.54 bits per heavy atom. The van der Waals surface area contributed by atoms with Crippen molar-refractivity contribution in [3.8, 4) is 0 Å². The number of aromatic nitrogens is 2. The zero-order valence-electron chi connectivity index (χ0n) is 8.08. The van der Waals surface area contributed by atoms with Gasteiger partial charge in [0.05, 0.1) is 6.04 Å². The van der Waals surface area contributed by atoms with Gasteiger partial charge in [0.2, 0.25) is 5.89 Å². The van der Waals surface area contributed by atoms with E-state index in [2.05, 4.69) is 29.3 Å². The number of nitrogens with zero attached hydrogens (tertiary/aromatic N) is 2. The van der Waals surface area contributed by atoms with Gasteiger partial charge in [-0.15, -0.1) is 0 Å². The van der Waals surface area contributed by atoms with Crippen LogP contribution in [-0.4, -0.2) is 16.7 Å². The van der Waals surface area contributed by atoms with E-state index >= 15 is 0 Å². The standard InChI is InChI=1S/C9H15N3O/c1-6(2)8-11-9(13-12-8)7-4-3-5-10-7/h6-7,10H,3-5H2,1-2H3/t7-/m0/s1. The van der Waals surface area contributed by atoms with Crippen molar-refractivity contribution in [2.24, 2.45) is 0 Å². The monoisotopic (exact) mass is 181 g/mol. The molecule has 4 heteroatoms. The summed E-state index contributed by atoms with van der Waals surface area (Å²) in [5.74, 6) is 1.91. The fourth-order valence-corrected chi connectivity index (χ4v) is 1.52. The normalized spacial score (nSPS) is 22.8. The zero-order chi connectivity index (χ0) is 9.26. The van der Waals surface area contributed by atoms with Crippen LogP contribution in [0.5, 0.6) is 0 Å². The molecule has 0 aromatic carbocycles. The molecule has 0 saturated carbocycles. The Labute approximate surface area is 77.7 Å². The van der Waals surface area contributed by atoms with Gasteiger partial charge in [-0.05, 0) is 19.4 Å². The second-order valence-electron chi connectivity index (χ2n) is 3.79. The molecule has 0 unspecified atom stereocenters. The third-order valence-corrected chi connectivity index (χ3v) is 2.33. The Hall–Kier alpha value is -0.900. The van der Waals surface area contributed by atoms with Crippen LogP contribution in [0.3, 0.4) is 0 Å². The lowest BCUT2D eigenvalue weighted by molar-refractivity contribution is 0.340. The predicted molar refractivity (Wildman–Crippen MR) is 48.4 cm³/mol. The van der Waals surface area contributed by atoms with Crippen LogP contribution in [0.4, 0.5) is 0 Å². The van der Waals surface area contributed by atoms with Crippen molar-refractivity contribution in [1.29, 1.82) is 0 Å². The molecule has 1 saturated heterocycles. The van der Waals surface area contributed by atoms with Crippen LogP contribution in [-0.2, 0) is 0 Å². The summed E-state index contributed by atoms with van der Waals surface area (Å²) in [4.78, 5) is 4.35. The molecule has 0 radical (unpaired) electrons. The lowest BCUT2D eigenvalue weighted by atomic mass is 10.2. The highest BCUT2D eigenvalue weighted by Crippen LogP contribution is 2.22. The molecule has 1 fully saturated rings. The average Bonchev–Trinajstić information content (AvgIpc) is 2.75. The molecular formula is C9H15N3O. The second kappa shape index (κ2) is 3.46. The molecule has 1 aliphatic heterocycles. The summed E-state index contributed by atoms with van der Waals surface area (Å²) in [6.07, 6.45) is 2.31.